The fraction of sp³-hybridized carbons (Fsp3) is 0.500. The van der Waals surface area contributed by atoms with Gasteiger partial charge in [-0.15, -0.1) is 13.2 Å². The summed E-state index contributed by atoms with van der Waals surface area (Å²) in [5.74, 6) is -3.30. The molecular weight excluding hydrogens is 308 g/mol. The summed E-state index contributed by atoms with van der Waals surface area (Å²) in [6.45, 7) is 9.16. The number of unbranched alkanes of at least 4 members (excludes halogenated alkanes) is 1. The van der Waals surface area contributed by atoms with Gasteiger partial charge in [-0.1, -0.05) is 31.9 Å². The lowest BCUT2D eigenvalue weighted by Gasteiger charge is -2.30. The first-order valence-electron chi connectivity index (χ1n) is 8.17. The number of nitrogens with one attached hydrogen (secondary N) is 1. The van der Waals surface area contributed by atoms with Gasteiger partial charge in [0, 0.05) is 5.70 Å². The molecule has 0 heterocycles. The van der Waals surface area contributed by atoms with Crippen LogP contribution in [-0.4, -0.2) is 28.7 Å². The van der Waals surface area contributed by atoms with Crippen LogP contribution < -0.4 is 11.1 Å². The first-order chi connectivity index (χ1) is 11.4. The molecule has 1 aliphatic rings. The zero-order valence-electron chi connectivity index (χ0n) is 14.1. The molecule has 0 aliphatic heterocycles. The van der Waals surface area contributed by atoms with Gasteiger partial charge >= 0.3 is 5.97 Å². The smallest absolute Gasteiger partial charge is 0.326 e. The number of carbonyl (C=O) groups excluding carboxylic acids is 2. The van der Waals surface area contributed by atoms with E-state index in [4.69, 9.17) is 5.73 Å². The Kier molecular flexibility index (Phi) is 7.42. The van der Waals surface area contributed by atoms with Crippen LogP contribution in [0.1, 0.15) is 39.0 Å². The molecule has 3 unspecified atom stereocenters. The van der Waals surface area contributed by atoms with Gasteiger partial charge in [-0.2, -0.15) is 0 Å². The maximum absolute atomic E-state index is 12.6. The highest BCUT2D eigenvalue weighted by molar-refractivity contribution is 6.15. The molecule has 6 nitrogen and oxygen atoms in total. The van der Waals surface area contributed by atoms with E-state index in [0.717, 1.165) is 6.42 Å². The lowest BCUT2D eigenvalue weighted by Crippen LogP contribution is -2.47. The first kappa shape index (κ1) is 19.7. The Morgan fingerprint density at radius 3 is 2.38 bits per heavy atom. The van der Waals surface area contributed by atoms with Crippen molar-refractivity contribution in [2.45, 2.75) is 45.1 Å². The van der Waals surface area contributed by atoms with Crippen LogP contribution in [0.15, 0.2) is 36.7 Å². The maximum Gasteiger partial charge on any atom is 0.326 e. The molecule has 0 saturated carbocycles. The molecular formula is C18H26N2O4. The molecule has 24 heavy (non-hydrogen) atoms. The standard InChI is InChI=1S/C18H26N2O4/c1-4-7-10-13(18(23)24)20-15-14(19)11(8-5-2)16(21)12(9-6-3)17(15)22/h5-6,11-13,20H,2-4,7-10,19H2,1H3,(H,23,24). The van der Waals surface area contributed by atoms with Crippen molar-refractivity contribution < 1.29 is 19.5 Å². The Bertz CT molecular complexity index is 565. The van der Waals surface area contributed by atoms with Gasteiger partial charge in [0.25, 0.3) is 0 Å². The predicted octanol–water partition coefficient (Wildman–Crippen LogP) is 1.93. The summed E-state index contributed by atoms with van der Waals surface area (Å²) in [6.07, 6.45) is 5.51. The molecule has 0 aromatic rings. The molecule has 0 amide bonds. The van der Waals surface area contributed by atoms with Crippen molar-refractivity contribution in [3.63, 3.8) is 0 Å². The summed E-state index contributed by atoms with van der Waals surface area (Å²) in [6, 6.07) is -0.913. The number of carbonyl (C=O) groups is 3. The van der Waals surface area contributed by atoms with Gasteiger partial charge in [0.2, 0.25) is 0 Å². The van der Waals surface area contributed by atoms with Crippen molar-refractivity contribution >= 4 is 17.5 Å². The number of rotatable bonds is 10. The molecule has 0 aromatic carbocycles. The molecule has 0 spiro atoms. The van der Waals surface area contributed by atoms with Crippen LogP contribution in [0.5, 0.6) is 0 Å². The van der Waals surface area contributed by atoms with Crippen LogP contribution >= 0.6 is 0 Å². The number of allylic oxidation sites excluding steroid dienone is 4. The van der Waals surface area contributed by atoms with E-state index in [1.807, 2.05) is 6.92 Å². The van der Waals surface area contributed by atoms with Crippen LogP contribution in [0.4, 0.5) is 0 Å². The Hall–Kier alpha value is -2.37. The number of carboxylic acid groups (broad SMARTS) is 1. The largest absolute Gasteiger partial charge is 0.480 e. The summed E-state index contributed by atoms with van der Waals surface area (Å²) in [7, 11) is 0. The maximum atomic E-state index is 12.6. The molecule has 1 aliphatic carbocycles. The van der Waals surface area contributed by atoms with Crippen molar-refractivity contribution in [1.82, 2.24) is 5.32 Å². The van der Waals surface area contributed by atoms with Crippen molar-refractivity contribution in [1.29, 1.82) is 0 Å². The lowest BCUT2D eigenvalue weighted by atomic mass is 9.77. The van der Waals surface area contributed by atoms with E-state index in [-0.39, 0.29) is 23.6 Å². The van der Waals surface area contributed by atoms with E-state index in [9.17, 15) is 19.5 Å². The Morgan fingerprint density at radius 1 is 1.29 bits per heavy atom. The number of carboxylic acids is 1. The molecule has 0 bridgehead atoms. The van der Waals surface area contributed by atoms with E-state index >= 15 is 0 Å². The number of ketones is 2. The Labute approximate surface area is 142 Å². The fourth-order valence-corrected chi connectivity index (χ4v) is 2.81. The predicted molar refractivity (Wildman–Crippen MR) is 91.9 cm³/mol. The van der Waals surface area contributed by atoms with E-state index in [2.05, 4.69) is 18.5 Å². The van der Waals surface area contributed by atoms with E-state index < -0.39 is 29.6 Å². The molecule has 0 radical (unpaired) electrons. The van der Waals surface area contributed by atoms with Crippen LogP contribution in [0.25, 0.3) is 0 Å². The zero-order chi connectivity index (χ0) is 18.3. The van der Waals surface area contributed by atoms with Gasteiger partial charge < -0.3 is 16.2 Å². The molecule has 0 aromatic heterocycles. The molecule has 132 valence electrons. The van der Waals surface area contributed by atoms with Gasteiger partial charge in [0.05, 0.1) is 17.5 Å². The number of aliphatic carboxylic acids is 1. The van der Waals surface area contributed by atoms with E-state index in [0.29, 0.717) is 19.3 Å². The van der Waals surface area contributed by atoms with Gasteiger partial charge in [0.1, 0.15) is 6.04 Å². The minimum absolute atomic E-state index is 0.0526. The zero-order valence-corrected chi connectivity index (χ0v) is 14.1. The average Bonchev–Trinajstić information content (AvgIpc) is 2.54. The first-order valence-corrected chi connectivity index (χ1v) is 8.17. The number of nitrogens with two attached hydrogens (primary N) is 1. The van der Waals surface area contributed by atoms with Crippen molar-refractivity contribution in [3.05, 3.63) is 36.7 Å². The molecule has 0 fully saturated rings. The SMILES string of the molecule is C=CCC1C(=O)C(NC(CCCC)C(=O)O)=C(N)C(CC=C)C1=O. The van der Waals surface area contributed by atoms with E-state index in [1.54, 1.807) is 6.08 Å². The Morgan fingerprint density at radius 2 is 1.88 bits per heavy atom. The summed E-state index contributed by atoms with van der Waals surface area (Å²) in [4.78, 5) is 36.6. The van der Waals surface area contributed by atoms with Gasteiger partial charge in [-0.25, -0.2) is 4.79 Å². The van der Waals surface area contributed by atoms with E-state index in [1.165, 1.54) is 6.08 Å². The summed E-state index contributed by atoms with van der Waals surface area (Å²) in [5, 5.41) is 12.1. The number of hydrogen-bond donors (Lipinski definition) is 3. The van der Waals surface area contributed by atoms with Gasteiger partial charge in [-0.05, 0) is 19.3 Å². The highest BCUT2D eigenvalue weighted by atomic mass is 16.4. The quantitative estimate of drug-likeness (QED) is 0.416. The monoisotopic (exact) mass is 334 g/mol. The fourth-order valence-electron chi connectivity index (χ4n) is 2.81. The summed E-state index contributed by atoms with van der Waals surface area (Å²) < 4.78 is 0. The van der Waals surface area contributed by atoms with Crippen LogP contribution in [0.3, 0.4) is 0 Å². The van der Waals surface area contributed by atoms with Crippen LogP contribution in [-0.2, 0) is 14.4 Å². The van der Waals surface area contributed by atoms with Gasteiger partial charge in [0.15, 0.2) is 11.6 Å². The second kappa shape index (κ2) is 9.05. The highest BCUT2D eigenvalue weighted by Gasteiger charge is 2.41. The van der Waals surface area contributed by atoms with Crippen LogP contribution in [0.2, 0.25) is 0 Å². The summed E-state index contributed by atoms with van der Waals surface area (Å²) >= 11 is 0. The molecule has 1 rings (SSSR count). The molecule has 3 atom stereocenters. The van der Waals surface area contributed by atoms with Gasteiger partial charge in [-0.3, -0.25) is 9.59 Å². The topological polar surface area (TPSA) is 109 Å². The Balaban J connectivity index is 3.20. The third kappa shape index (κ3) is 4.34. The number of Topliss-reactive ketones (excluding diaryl/α,β-unsaturated/α-hetero) is 2. The van der Waals surface area contributed by atoms with Crippen molar-refractivity contribution in [2.24, 2.45) is 17.6 Å². The minimum atomic E-state index is -1.05. The highest BCUT2D eigenvalue weighted by Crippen LogP contribution is 2.30. The second-order valence-corrected chi connectivity index (χ2v) is 5.93. The summed E-state index contributed by atoms with van der Waals surface area (Å²) in [5.41, 5.74) is 6.19. The van der Waals surface area contributed by atoms with Crippen molar-refractivity contribution in [2.75, 3.05) is 0 Å². The molecule has 6 heteroatoms. The third-order valence-electron chi connectivity index (χ3n) is 4.18. The third-order valence-corrected chi connectivity index (χ3v) is 4.18. The molecule has 4 N–H and O–H groups in total. The van der Waals surface area contributed by atoms with Crippen LogP contribution in [0, 0.1) is 11.8 Å². The number of hydrogen-bond acceptors (Lipinski definition) is 5. The second-order valence-electron chi connectivity index (χ2n) is 5.93. The average molecular weight is 334 g/mol. The molecule has 0 saturated heterocycles. The normalized spacial score (nSPS) is 22.2. The van der Waals surface area contributed by atoms with Crippen molar-refractivity contribution in [3.8, 4) is 0 Å². The lowest BCUT2D eigenvalue weighted by molar-refractivity contribution is -0.139. The minimum Gasteiger partial charge on any atom is -0.480 e.